The number of hydrogen-bond donors (Lipinski definition) is 0. The van der Waals surface area contributed by atoms with Crippen LogP contribution in [-0.4, -0.2) is 31.7 Å². The van der Waals surface area contributed by atoms with Gasteiger partial charge in [-0.05, 0) is 45.7 Å². The van der Waals surface area contributed by atoms with Crippen LogP contribution < -0.4 is 0 Å². The second-order valence-electron chi connectivity index (χ2n) is 6.64. The van der Waals surface area contributed by atoms with E-state index >= 15 is 0 Å². The standard InChI is InChI=1S/C18H26N4O/c1-13(21-9-5-6-10-21)12-17(23)22-11-7-8-16(22)18-14(2)19-20(4)15(18)3/h5-6,9-10,13,16H,7-8,11-12H2,1-4H3/t13-,16+/m0/s1. The Morgan fingerprint density at radius 3 is 2.65 bits per heavy atom. The predicted octanol–water partition coefficient (Wildman–Crippen LogP) is 3.15. The van der Waals surface area contributed by atoms with Gasteiger partial charge in [0.15, 0.2) is 0 Å². The minimum Gasteiger partial charge on any atom is -0.351 e. The van der Waals surface area contributed by atoms with Crippen molar-refractivity contribution in [3.05, 3.63) is 41.5 Å². The van der Waals surface area contributed by atoms with E-state index in [4.69, 9.17) is 0 Å². The van der Waals surface area contributed by atoms with E-state index in [0.717, 1.165) is 25.1 Å². The summed E-state index contributed by atoms with van der Waals surface area (Å²) in [6.45, 7) is 7.10. The average Bonchev–Trinajstić information content (AvgIpc) is 3.21. The van der Waals surface area contributed by atoms with Gasteiger partial charge in [-0.3, -0.25) is 9.48 Å². The second kappa shape index (κ2) is 6.22. The zero-order chi connectivity index (χ0) is 16.6. The van der Waals surface area contributed by atoms with E-state index in [2.05, 4.69) is 28.4 Å². The molecule has 3 heterocycles. The average molecular weight is 314 g/mol. The molecule has 2 aromatic rings. The van der Waals surface area contributed by atoms with Crippen LogP contribution in [0.25, 0.3) is 0 Å². The first-order valence-electron chi connectivity index (χ1n) is 8.41. The first-order chi connectivity index (χ1) is 11.0. The van der Waals surface area contributed by atoms with Crippen LogP contribution in [-0.2, 0) is 11.8 Å². The molecule has 124 valence electrons. The van der Waals surface area contributed by atoms with Crippen LogP contribution >= 0.6 is 0 Å². The molecular weight excluding hydrogens is 288 g/mol. The highest BCUT2D eigenvalue weighted by Crippen LogP contribution is 2.36. The zero-order valence-electron chi connectivity index (χ0n) is 14.5. The van der Waals surface area contributed by atoms with E-state index in [9.17, 15) is 4.79 Å². The van der Waals surface area contributed by atoms with Crippen molar-refractivity contribution in [3.8, 4) is 0 Å². The Morgan fingerprint density at radius 1 is 1.35 bits per heavy atom. The molecule has 1 saturated heterocycles. The SMILES string of the molecule is Cc1nn(C)c(C)c1[C@H]1CCCN1C(=O)C[C@H](C)n1cccc1. The fourth-order valence-electron chi connectivity index (χ4n) is 3.75. The van der Waals surface area contributed by atoms with Gasteiger partial charge in [0.25, 0.3) is 0 Å². The number of nitrogens with zero attached hydrogens (tertiary/aromatic N) is 4. The zero-order valence-corrected chi connectivity index (χ0v) is 14.5. The third-order valence-electron chi connectivity index (χ3n) is 5.08. The molecule has 1 fully saturated rings. The first kappa shape index (κ1) is 15.8. The van der Waals surface area contributed by atoms with Gasteiger partial charge in [-0.15, -0.1) is 0 Å². The molecule has 0 radical (unpaired) electrons. The number of carbonyl (C=O) groups is 1. The Balaban J connectivity index is 1.77. The number of aryl methyl sites for hydroxylation is 2. The summed E-state index contributed by atoms with van der Waals surface area (Å²) in [6.07, 6.45) is 6.70. The largest absolute Gasteiger partial charge is 0.351 e. The van der Waals surface area contributed by atoms with Crippen molar-refractivity contribution in [1.29, 1.82) is 0 Å². The Bertz CT molecular complexity index is 686. The molecule has 3 rings (SSSR count). The molecule has 0 N–H and O–H groups in total. The highest BCUT2D eigenvalue weighted by Gasteiger charge is 2.33. The van der Waals surface area contributed by atoms with Crippen LogP contribution in [0.4, 0.5) is 0 Å². The molecule has 5 nitrogen and oxygen atoms in total. The first-order valence-corrected chi connectivity index (χ1v) is 8.41. The molecular formula is C18H26N4O. The Hall–Kier alpha value is -2.04. The van der Waals surface area contributed by atoms with Crippen molar-refractivity contribution in [2.45, 2.75) is 52.1 Å². The normalized spacial score (nSPS) is 19.3. The van der Waals surface area contributed by atoms with Crippen molar-refractivity contribution in [1.82, 2.24) is 19.2 Å². The summed E-state index contributed by atoms with van der Waals surface area (Å²) in [4.78, 5) is 14.9. The van der Waals surface area contributed by atoms with E-state index in [1.807, 2.05) is 43.2 Å². The lowest BCUT2D eigenvalue weighted by atomic mass is 10.0. The molecule has 1 amide bonds. The maximum Gasteiger partial charge on any atom is 0.225 e. The lowest BCUT2D eigenvalue weighted by molar-refractivity contribution is -0.132. The van der Waals surface area contributed by atoms with E-state index in [-0.39, 0.29) is 18.0 Å². The minimum atomic E-state index is 0.188. The fourth-order valence-corrected chi connectivity index (χ4v) is 3.75. The summed E-state index contributed by atoms with van der Waals surface area (Å²) >= 11 is 0. The van der Waals surface area contributed by atoms with Gasteiger partial charge < -0.3 is 9.47 Å². The van der Waals surface area contributed by atoms with Gasteiger partial charge in [-0.1, -0.05) is 0 Å². The minimum absolute atomic E-state index is 0.188. The number of aromatic nitrogens is 3. The lowest BCUT2D eigenvalue weighted by Crippen LogP contribution is -2.32. The van der Waals surface area contributed by atoms with Crippen molar-refractivity contribution < 1.29 is 4.79 Å². The van der Waals surface area contributed by atoms with Gasteiger partial charge in [0.2, 0.25) is 5.91 Å². The third-order valence-corrected chi connectivity index (χ3v) is 5.08. The van der Waals surface area contributed by atoms with E-state index < -0.39 is 0 Å². The molecule has 5 heteroatoms. The molecule has 0 aliphatic carbocycles. The molecule has 2 atom stereocenters. The van der Waals surface area contributed by atoms with Crippen LogP contribution in [0.15, 0.2) is 24.5 Å². The molecule has 0 spiro atoms. The third kappa shape index (κ3) is 2.92. The summed E-state index contributed by atoms with van der Waals surface area (Å²) in [5, 5.41) is 4.53. The molecule has 2 aromatic heterocycles. The molecule has 0 unspecified atom stereocenters. The summed E-state index contributed by atoms with van der Waals surface area (Å²) in [5.74, 6) is 0.247. The number of hydrogen-bond acceptors (Lipinski definition) is 2. The highest BCUT2D eigenvalue weighted by molar-refractivity contribution is 5.77. The van der Waals surface area contributed by atoms with Crippen LogP contribution in [0.1, 0.15) is 55.2 Å². The van der Waals surface area contributed by atoms with Crippen molar-refractivity contribution >= 4 is 5.91 Å². The van der Waals surface area contributed by atoms with Crippen molar-refractivity contribution in [2.75, 3.05) is 6.54 Å². The summed E-state index contributed by atoms with van der Waals surface area (Å²) in [7, 11) is 1.97. The van der Waals surface area contributed by atoms with Gasteiger partial charge >= 0.3 is 0 Å². The molecule has 0 saturated carbocycles. The van der Waals surface area contributed by atoms with Gasteiger partial charge in [0, 0.05) is 49.7 Å². The van der Waals surface area contributed by atoms with Gasteiger partial charge in [0.05, 0.1) is 11.7 Å². The predicted molar refractivity (Wildman–Crippen MR) is 90.1 cm³/mol. The quantitative estimate of drug-likeness (QED) is 0.870. The van der Waals surface area contributed by atoms with Crippen molar-refractivity contribution in [2.24, 2.45) is 7.05 Å². The molecule has 0 aromatic carbocycles. The monoisotopic (exact) mass is 314 g/mol. The number of rotatable bonds is 4. The van der Waals surface area contributed by atoms with E-state index in [1.54, 1.807) is 0 Å². The maximum absolute atomic E-state index is 12.8. The fraction of sp³-hybridized carbons (Fsp3) is 0.556. The number of amides is 1. The van der Waals surface area contributed by atoms with Crippen LogP contribution in [0.5, 0.6) is 0 Å². The van der Waals surface area contributed by atoms with Gasteiger partial charge in [-0.2, -0.15) is 5.10 Å². The second-order valence-corrected chi connectivity index (χ2v) is 6.64. The van der Waals surface area contributed by atoms with Crippen LogP contribution in [0.2, 0.25) is 0 Å². The Kier molecular flexibility index (Phi) is 4.28. The van der Waals surface area contributed by atoms with Crippen LogP contribution in [0, 0.1) is 13.8 Å². The van der Waals surface area contributed by atoms with E-state index in [1.165, 1.54) is 11.3 Å². The summed E-state index contributed by atoms with van der Waals surface area (Å²) < 4.78 is 4.03. The number of carbonyl (C=O) groups excluding carboxylic acids is 1. The van der Waals surface area contributed by atoms with Crippen molar-refractivity contribution in [3.63, 3.8) is 0 Å². The Labute approximate surface area is 137 Å². The molecule has 0 bridgehead atoms. The van der Waals surface area contributed by atoms with Gasteiger partial charge in [-0.25, -0.2) is 0 Å². The number of likely N-dealkylation sites (tertiary alicyclic amines) is 1. The Morgan fingerprint density at radius 2 is 2.04 bits per heavy atom. The lowest BCUT2D eigenvalue weighted by Gasteiger charge is -2.27. The van der Waals surface area contributed by atoms with Gasteiger partial charge in [0.1, 0.15) is 0 Å². The molecule has 1 aliphatic rings. The topological polar surface area (TPSA) is 43.1 Å². The molecule has 23 heavy (non-hydrogen) atoms. The maximum atomic E-state index is 12.8. The smallest absolute Gasteiger partial charge is 0.225 e. The summed E-state index contributed by atoms with van der Waals surface area (Å²) in [6, 6.07) is 4.38. The highest BCUT2D eigenvalue weighted by atomic mass is 16.2. The summed E-state index contributed by atoms with van der Waals surface area (Å²) in [5.41, 5.74) is 3.46. The van der Waals surface area contributed by atoms with Crippen LogP contribution in [0.3, 0.4) is 0 Å². The van der Waals surface area contributed by atoms with E-state index in [0.29, 0.717) is 6.42 Å². The molecule has 1 aliphatic heterocycles.